The summed E-state index contributed by atoms with van der Waals surface area (Å²) in [5.74, 6) is -0.711. The summed E-state index contributed by atoms with van der Waals surface area (Å²) in [6.07, 6.45) is 2.28. The fraction of sp³-hybridized carbons (Fsp3) is 0.200. The van der Waals surface area contributed by atoms with Crippen molar-refractivity contribution in [1.82, 2.24) is 25.3 Å². The Bertz CT molecular complexity index is 1640. The van der Waals surface area contributed by atoms with Crippen LogP contribution in [0.4, 0.5) is 10.3 Å². The number of fused-ring (bicyclic) bond motifs is 1. The molecule has 5 N–H and O–H groups in total. The monoisotopic (exact) mass is 540 g/mol. The number of H-pyrrole nitrogens is 2. The van der Waals surface area contributed by atoms with Crippen LogP contribution in [0.1, 0.15) is 39.8 Å². The Hall–Kier alpha value is -4.99. The summed E-state index contributed by atoms with van der Waals surface area (Å²) in [5.41, 5.74) is 5.60. The number of aliphatic carboxylic acids is 1. The van der Waals surface area contributed by atoms with Crippen molar-refractivity contribution in [3.8, 4) is 11.3 Å². The topological polar surface area (TPSA) is 136 Å². The second-order valence-corrected chi connectivity index (χ2v) is 9.58. The SMILES string of the molecule is CCc1cc(F)cc(C)c1C(=O)NC(Cc1ccc(-c2cnc(CNc3nc4ccccc4[nH]3)[nH]2)cc1)C(=O)O. The Balaban J connectivity index is 1.22. The number of benzene rings is 3. The molecule has 1 unspecified atom stereocenters. The highest BCUT2D eigenvalue weighted by Crippen LogP contribution is 2.21. The number of hydrogen-bond acceptors (Lipinski definition) is 5. The van der Waals surface area contributed by atoms with Gasteiger partial charge >= 0.3 is 5.97 Å². The lowest BCUT2D eigenvalue weighted by atomic mass is 9.98. The maximum absolute atomic E-state index is 13.8. The van der Waals surface area contributed by atoms with Crippen LogP contribution in [0.2, 0.25) is 0 Å². The summed E-state index contributed by atoms with van der Waals surface area (Å²) >= 11 is 0. The minimum absolute atomic E-state index is 0.0959. The van der Waals surface area contributed by atoms with E-state index in [1.807, 2.05) is 55.5 Å². The molecule has 0 bridgehead atoms. The molecule has 0 fully saturated rings. The van der Waals surface area contributed by atoms with Crippen LogP contribution < -0.4 is 10.6 Å². The molecule has 3 aromatic carbocycles. The van der Waals surface area contributed by atoms with Crippen molar-refractivity contribution in [2.45, 2.75) is 39.3 Å². The van der Waals surface area contributed by atoms with Crippen molar-refractivity contribution >= 4 is 28.9 Å². The summed E-state index contributed by atoms with van der Waals surface area (Å²) in [5, 5.41) is 15.6. The minimum atomic E-state index is -1.15. The van der Waals surface area contributed by atoms with Gasteiger partial charge in [0.05, 0.1) is 29.5 Å². The lowest BCUT2D eigenvalue weighted by Crippen LogP contribution is -2.42. The van der Waals surface area contributed by atoms with Crippen molar-refractivity contribution in [2.75, 3.05) is 5.32 Å². The van der Waals surface area contributed by atoms with Crippen molar-refractivity contribution in [2.24, 2.45) is 0 Å². The summed E-state index contributed by atoms with van der Waals surface area (Å²) in [4.78, 5) is 40.4. The Morgan fingerprint density at radius 3 is 2.58 bits per heavy atom. The summed E-state index contributed by atoms with van der Waals surface area (Å²) < 4.78 is 13.8. The van der Waals surface area contributed by atoms with E-state index in [0.29, 0.717) is 35.6 Å². The molecule has 0 saturated carbocycles. The molecular weight excluding hydrogens is 511 g/mol. The zero-order valence-corrected chi connectivity index (χ0v) is 22.1. The maximum atomic E-state index is 13.8. The Morgan fingerprint density at radius 1 is 1.07 bits per heavy atom. The molecule has 2 aromatic heterocycles. The molecule has 40 heavy (non-hydrogen) atoms. The third kappa shape index (κ3) is 5.85. The molecule has 0 saturated heterocycles. The zero-order valence-electron chi connectivity index (χ0n) is 22.1. The first kappa shape index (κ1) is 26.6. The molecule has 0 aliphatic rings. The smallest absolute Gasteiger partial charge is 0.326 e. The number of amides is 1. The molecule has 5 aromatic rings. The summed E-state index contributed by atoms with van der Waals surface area (Å²) in [7, 11) is 0. The molecule has 0 aliphatic heterocycles. The molecule has 2 heterocycles. The Kier molecular flexibility index (Phi) is 7.59. The predicted octanol–water partition coefficient (Wildman–Crippen LogP) is 5.00. The number of rotatable bonds is 10. The number of carboxylic acids is 1. The average molecular weight is 541 g/mol. The summed E-state index contributed by atoms with van der Waals surface area (Å²) in [6, 6.07) is 16.6. The average Bonchev–Trinajstić information content (AvgIpc) is 3.58. The second kappa shape index (κ2) is 11.4. The van der Waals surface area contributed by atoms with Gasteiger partial charge in [-0.1, -0.05) is 43.3 Å². The van der Waals surface area contributed by atoms with Crippen LogP contribution in [0.3, 0.4) is 0 Å². The van der Waals surface area contributed by atoms with E-state index in [2.05, 4.69) is 30.6 Å². The first-order valence-electron chi connectivity index (χ1n) is 12.9. The number of aromatic nitrogens is 4. The third-order valence-corrected chi connectivity index (χ3v) is 6.74. The number of carbonyl (C=O) groups excluding carboxylic acids is 1. The number of para-hydroxylation sites is 2. The lowest BCUT2D eigenvalue weighted by molar-refractivity contribution is -0.139. The normalized spacial score (nSPS) is 11.9. The van der Waals surface area contributed by atoms with Crippen molar-refractivity contribution in [3.05, 3.63) is 101 Å². The highest BCUT2D eigenvalue weighted by Gasteiger charge is 2.24. The fourth-order valence-corrected chi connectivity index (χ4v) is 4.71. The van der Waals surface area contributed by atoms with E-state index in [0.717, 1.165) is 33.7 Å². The van der Waals surface area contributed by atoms with Gasteiger partial charge in [-0.05, 0) is 59.9 Å². The number of nitrogens with zero attached hydrogens (tertiary/aromatic N) is 2. The number of aromatic amines is 2. The van der Waals surface area contributed by atoms with E-state index in [4.69, 9.17) is 0 Å². The third-order valence-electron chi connectivity index (χ3n) is 6.74. The molecule has 1 atom stereocenters. The first-order chi connectivity index (χ1) is 19.3. The quantitative estimate of drug-likeness (QED) is 0.169. The van der Waals surface area contributed by atoms with E-state index in [9.17, 15) is 19.1 Å². The van der Waals surface area contributed by atoms with Gasteiger partial charge in [0.15, 0.2) is 0 Å². The number of halogens is 1. The van der Waals surface area contributed by atoms with Crippen LogP contribution in [0.15, 0.2) is 66.9 Å². The molecule has 0 radical (unpaired) electrons. The molecule has 204 valence electrons. The van der Waals surface area contributed by atoms with E-state index in [-0.39, 0.29) is 6.42 Å². The van der Waals surface area contributed by atoms with Gasteiger partial charge in [0, 0.05) is 12.0 Å². The van der Waals surface area contributed by atoms with Crippen LogP contribution in [0.25, 0.3) is 22.3 Å². The largest absolute Gasteiger partial charge is 0.480 e. The van der Waals surface area contributed by atoms with E-state index in [1.165, 1.54) is 12.1 Å². The molecule has 5 rings (SSSR count). The molecule has 0 spiro atoms. The van der Waals surface area contributed by atoms with Crippen LogP contribution in [-0.2, 0) is 24.2 Å². The number of imidazole rings is 2. The van der Waals surface area contributed by atoms with Crippen LogP contribution in [-0.4, -0.2) is 43.0 Å². The van der Waals surface area contributed by atoms with Gasteiger partial charge in [-0.25, -0.2) is 19.2 Å². The van der Waals surface area contributed by atoms with Gasteiger partial charge in [-0.15, -0.1) is 0 Å². The number of carbonyl (C=O) groups is 2. The predicted molar refractivity (Wildman–Crippen MR) is 151 cm³/mol. The number of hydrogen-bond donors (Lipinski definition) is 5. The molecule has 10 heteroatoms. The lowest BCUT2D eigenvalue weighted by Gasteiger charge is -2.17. The molecule has 1 amide bonds. The highest BCUT2D eigenvalue weighted by atomic mass is 19.1. The van der Waals surface area contributed by atoms with Gasteiger partial charge in [0.1, 0.15) is 17.7 Å². The number of carboxylic acid groups (broad SMARTS) is 1. The number of nitrogens with one attached hydrogen (secondary N) is 4. The van der Waals surface area contributed by atoms with E-state index in [1.54, 1.807) is 13.1 Å². The van der Waals surface area contributed by atoms with Crippen molar-refractivity contribution in [3.63, 3.8) is 0 Å². The van der Waals surface area contributed by atoms with E-state index < -0.39 is 23.7 Å². The van der Waals surface area contributed by atoms with Crippen LogP contribution in [0, 0.1) is 12.7 Å². The molecule has 9 nitrogen and oxygen atoms in total. The zero-order chi connectivity index (χ0) is 28.2. The van der Waals surface area contributed by atoms with Crippen LogP contribution in [0.5, 0.6) is 0 Å². The minimum Gasteiger partial charge on any atom is -0.480 e. The highest BCUT2D eigenvalue weighted by molar-refractivity contribution is 5.99. The molecular formula is C30H29FN6O3. The maximum Gasteiger partial charge on any atom is 0.326 e. The van der Waals surface area contributed by atoms with Gasteiger partial charge in [-0.2, -0.15) is 0 Å². The van der Waals surface area contributed by atoms with Gasteiger partial charge in [-0.3, -0.25) is 4.79 Å². The summed E-state index contributed by atoms with van der Waals surface area (Å²) in [6.45, 7) is 3.91. The number of aryl methyl sites for hydroxylation is 2. The van der Waals surface area contributed by atoms with Crippen LogP contribution >= 0.6 is 0 Å². The van der Waals surface area contributed by atoms with Gasteiger partial charge in [0.25, 0.3) is 5.91 Å². The standard InChI is InChI=1S/C30H29FN6O3/c1-3-19-14-21(31)12-17(2)27(19)28(38)35-24(29(39)40)13-18-8-10-20(11-9-18)25-15-32-26(34-25)16-33-30-36-22-6-4-5-7-23(22)37-30/h4-12,14-15,24H,3,13,16H2,1-2H3,(H,32,34)(H,35,38)(H,39,40)(H2,33,36,37). The van der Waals surface area contributed by atoms with Gasteiger partial charge < -0.3 is 25.7 Å². The van der Waals surface area contributed by atoms with Gasteiger partial charge in [0.2, 0.25) is 5.95 Å². The van der Waals surface area contributed by atoms with E-state index >= 15 is 0 Å². The Morgan fingerprint density at radius 2 is 1.85 bits per heavy atom. The first-order valence-corrected chi connectivity index (χ1v) is 12.9. The van der Waals surface area contributed by atoms with Crippen molar-refractivity contribution in [1.29, 1.82) is 0 Å². The second-order valence-electron chi connectivity index (χ2n) is 9.58. The fourth-order valence-electron chi connectivity index (χ4n) is 4.71. The number of anilines is 1. The van der Waals surface area contributed by atoms with Crippen molar-refractivity contribution < 1.29 is 19.1 Å². The Labute approximate surface area is 229 Å². The molecule has 0 aliphatic carbocycles.